The predicted molar refractivity (Wildman–Crippen MR) is 22.3 cm³/mol. The third-order valence-electron chi connectivity index (χ3n) is 0.933. The van der Waals surface area contributed by atoms with Crippen LogP contribution in [0.3, 0.4) is 0 Å². The van der Waals surface area contributed by atoms with Gasteiger partial charge in [0.1, 0.15) is 6.17 Å². The second-order valence-corrected chi connectivity index (χ2v) is 1.55. The molecule has 40 valence electrons. The van der Waals surface area contributed by atoms with Crippen LogP contribution in [0.25, 0.3) is 0 Å². The van der Waals surface area contributed by atoms with E-state index in [4.69, 9.17) is 0 Å². The zero-order valence-electron chi connectivity index (χ0n) is 3.67. The van der Waals surface area contributed by atoms with E-state index in [0.717, 1.165) is 5.01 Å². The molecule has 0 aromatic rings. The van der Waals surface area contributed by atoms with Crippen molar-refractivity contribution >= 4 is 0 Å². The molecule has 1 heterocycles. The monoisotopic (exact) mass is 104 g/mol. The van der Waals surface area contributed by atoms with E-state index in [2.05, 4.69) is 5.29 Å². The minimum atomic E-state index is -0.822. The third-order valence-corrected chi connectivity index (χ3v) is 0.933. The second kappa shape index (κ2) is 1.44. The highest BCUT2D eigenvalue weighted by Crippen LogP contribution is 2.09. The molecule has 0 aromatic heterocycles. The Morgan fingerprint density at radius 2 is 2.29 bits per heavy atom. The van der Waals surface area contributed by atoms with Gasteiger partial charge in [0.2, 0.25) is 0 Å². The molecule has 0 N–H and O–H groups in total. The highest BCUT2D eigenvalue weighted by Gasteiger charge is 2.25. The van der Waals surface area contributed by atoms with Crippen molar-refractivity contribution in [3.8, 4) is 0 Å². The van der Waals surface area contributed by atoms with Gasteiger partial charge in [0.05, 0.1) is 18.4 Å². The molecular weight excluding hydrogens is 99.0 g/mol. The molecule has 0 aromatic carbocycles. The summed E-state index contributed by atoms with van der Waals surface area (Å²) in [5.74, 6) is 0. The van der Waals surface area contributed by atoms with Gasteiger partial charge < -0.3 is 0 Å². The van der Waals surface area contributed by atoms with Gasteiger partial charge in [-0.05, 0) is 0 Å². The van der Waals surface area contributed by atoms with Gasteiger partial charge in [-0.2, -0.15) is 0 Å². The average Bonchev–Trinajstić information content (AvgIpc) is 1.58. The summed E-state index contributed by atoms with van der Waals surface area (Å²) in [6.07, 6.45) is -0.822. The van der Waals surface area contributed by atoms with E-state index in [9.17, 15) is 9.30 Å². The number of hydrogen-bond donors (Lipinski definition) is 0. The second-order valence-electron chi connectivity index (χ2n) is 1.55. The largest absolute Gasteiger partial charge is 0.255 e. The van der Waals surface area contributed by atoms with Crippen molar-refractivity contribution in [2.45, 2.75) is 6.17 Å². The first-order valence-corrected chi connectivity index (χ1v) is 2.05. The first-order valence-electron chi connectivity index (χ1n) is 2.05. The number of rotatable bonds is 1. The summed E-state index contributed by atoms with van der Waals surface area (Å²) in [7, 11) is 0. The average molecular weight is 104 g/mol. The van der Waals surface area contributed by atoms with Gasteiger partial charge in [-0.25, -0.2) is 4.39 Å². The maximum absolute atomic E-state index is 11.7. The molecular formula is C3H5FN2O. The molecule has 0 bridgehead atoms. The Bertz CT molecular complexity index is 81.0. The normalized spacial score (nSPS) is 21.6. The van der Waals surface area contributed by atoms with Crippen LogP contribution in [0, 0.1) is 4.91 Å². The molecule has 0 radical (unpaired) electrons. The molecule has 1 fully saturated rings. The summed E-state index contributed by atoms with van der Waals surface area (Å²) in [6, 6.07) is 0. The van der Waals surface area contributed by atoms with E-state index in [1.54, 1.807) is 0 Å². The van der Waals surface area contributed by atoms with Crippen LogP contribution >= 0.6 is 0 Å². The Hall–Kier alpha value is -0.670. The number of nitrogens with zero attached hydrogens (tertiary/aromatic N) is 2. The van der Waals surface area contributed by atoms with Crippen LogP contribution in [0.4, 0.5) is 4.39 Å². The number of nitroso groups, excluding NO2 is 1. The van der Waals surface area contributed by atoms with Gasteiger partial charge in [0, 0.05) is 0 Å². The van der Waals surface area contributed by atoms with E-state index >= 15 is 0 Å². The zero-order chi connectivity index (χ0) is 5.28. The molecule has 4 heteroatoms. The molecule has 0 saturated carbocycles. The van der Waals surface area contributed by atoms with Crippen LogP contribution in [-0.2, 0) is 0 Å². The highest BCUT2D eigenvalue weighted by atomic mass is 19.1. The molecule has 3 nitrogen and oxygen atoms in total. The minimum absolute atomic E-state index is 0.184. The minimum Gasteiger partial charge on any atom is -0.255 e. The van der Waals surface area contributed by atoms with Gasteiger partial charge in [0.25, 0.3) is 0 Å². The van der Waals surface area contributed by atoms with Crippen molar-refractivity contribution in [3.63, 3.8) is 0 Å². The Labute approximate surface area is 40.1 Å². The predicted octanol–water partition coefficient (Wildman–Crippen LogP) is 0.322. The lowest BCUT2D eigenvalue weighted by atomic mass is 10.2. The molecule has 0 amide bonds. The molecule has 1 saturated heterocycles. The molecule has 0 unspecified atom stereocenters. The van der Waals surface area contributed by atoms with Crippen LogP contribution in [0.2, 0.25) is 0 Å². The summed E-state index contributed by atoms with van der Waals surface area (Å²) in [6.45, 7) is 0.368. The summed E-state index contributed by atoms with van der Waals surface area (Å²) >= 11 is 0. The number of alkyl halides is 1. The number of hydrogen-bond acceptors (Lipinski definition) is 2. The first kappa shape index (κ1) is 4.49. The third kappa shape index (κ3) is 0.679. The molecule has 1 rings (SSSR count). The van der Waals surface area contributed by atoms with E-state index in [0.29, 0.717) is 0 Å². The van der Waals surface area contributed by atoms with Crippen molar-refractivity contribution in [1.82, 2.24) is 5.01 Å². The van der Waals surface area contributed by atoms with Gasteiger partial charge in [0.15, 0.2) is 0 Å². The van der Waals surface area contributed by atoms with E-state index in [-0.39, 0.29) is 13.1 Å². The fraction of sp³-hybridized carbons (Fsp3) is 1.00. The van der Waals surface area contributed by atoms with Crippen LogP contribution in [0.15, 0.2) is 5.29 Å². The van der Waals surface area contributed by atoms with Crippen LogP contribution < -0.4 is 0 Å². The highest BCUT2D eigenvalue weighted by molar-refractivity contribution is 4.74. The Balaban J connectivity index is 2.17. The van der Waals surface area contributed by atoms with Gasteiger partial charge in [-0.15, -0.1) is 4.91 Å². The Morgan fingerprint density at radius 1 is 1.71 bits per heavy atom. The molecule has 7 heavy (non-hydrogen) atoms. The van der Waals surface area contributed by atoms with Crippen molar-refractivity contribution in [1.29, 1.82) is 0 Å². The lowest BCUT2D eigenvalue weighted by Gasteiger charge is -2.27. The van der Waals surface area contributed by atoms with E-state index in [1.165, 1.54) is 0 Å². The standard InChI is InChI=1S/C3H5FN2O/c4-3-1-6(2-3)5-7/h3H,1-2H2. The van der Waals surface area contributed by atoms with Crippen LogP contribution in [0.5, 0.6) is 0 Å². The summed E-state index contributed by atoms with van der Waals surface area (Å²) in [5.41, 5.74) is 0. The van der Waals surface area contributed by atoms with Crippen molar-refractivity contribution in [2.24, 2.45) is 5.29 Å². The van der Waals surface area contributed by atoms with E-state index in [1.807, 2.05) is 0 Å². The topological polar surface area (TPSA) is 32.7 Å². The van der Waals surface area contributed by atoms with E-state index < -0.39 is 6.17 Å². The SMILES string of the molecule is O=NN1CC(F)C1. The fourth-order valence-corrected chi connectivity index (χ4v) is 0.471. The summed E-state index contributed by atoms with van der Waals surface area (Å²) in [5, 5.41) is 3.63. The molecule has 0 aliphatic carbocycles. The smallest absolute Gasteiger partial charge is 0.138 e. The molecule has 1 aliphatic heterocycles. The maximum Gasteiger partial charge on any atom is 0.138 e. The molecule has 1 aliphatic rings. The summed E-state index contributed by atoms with van der Waals surface area (Å²) in [4.78, 5) is 9.44. The van der Waals surface area contributed by atoms with Crippen molar-refractivity contribution in [2.75, 3.05) is 13.1 Å². The van der Waals surface area contributed by atoms with Gasteiger partial charge in [-0.1, -0.05) is 0 Å². The van der Waals surface area contributed by atoms with Crippen molar-refractivity contribution in [3.05, 3.63) is 4.91 Å². The Kier molecular flexibility index (Phi) is 0.923. The van der Waals surface area contributed by atoms with Crippen molar-refractivity contribution < 1.29 is 4.39 Å². The van der Waals surface area contributed by atoms with Gasteiger partial charge in [-0.3, -0.25) is 5.01 Å². The lowest BCUT2D eigenvalue weighted by Crippen LogP contribution is -2.44. The number of halogens is 1. The molecule has 0 atom stereocenters. The first-order chi connectivity index (χ1) is 3.33. The summed E-state index contributed by atoms with van der Waals surface area (Å²) < 4.78 is 11.7. The van der Waals surface area contributed by atoms with Crippen LogP contribution in [-0.4, -0.2) is 24.3 Å². The lowest BCUT2D eigenvalue weighted by molar-refractivity contribution is 0.0672. The maximum atomic E-state index is 11.7. The zero-order valence-corrected chi connectivity index (χ0v) is 3.67. The van der Waals surface area contributed by atoms with Crippen LogP contribution in [0.1, 0.15) is 0 Å². The quantitative estimate of drug-likeness (QED) is 0.449. The fourth-order valence-electron chi connectivity index (χ4n) is 0.471. The molecule has 0 spiro atoms. The Morgan fingerprint density at radius 3 is 2.43 bits per heavy atom. The van der Waals surface area contributed by atoms with Gasteiger partial charge >= 0.3 is 0 Å².